The molecule has 0 saturated heterocycles. The number of nitrogens with zero attached hydrogens (tertiary/aromatic N) is 2. The van der Waals surface area contributed by atoms with Crippen LogP contribution in [0.15, 0.2) is 18.5 Å². The average molecular weight is 247 g/mol. The number of nitrogens with one attached hydrogen (secondary N) is 3. The molecule has 6 nitrogen and oxygen atoms in total. The number of hydrogen-bond acceptors (Lipinski definition) is 3. The zero-order valence-electron chi connectivity index (χ0n) is 10.4. The summed E-state index contributed by atoms with van der Waals surface area (Å²) in [6.45, 7) is 2.63. The summed E-state index contributed by atoms with van der Waals surface area (Å²) in [6.07, 6.45) is 6.09. The van der Waals surface area contributed by atoms with Crippen molar-refractivity contribution in [2.24, 2.45) is 0 Å². The molecule has 0 bridgehead atoms. The van der Waals surface area contributed by atoms with Gasteiger partial charge >= 0.3 is 0 Å². The number of amides is 1. The summed E-state index contributed by atoms with van der Waals surface area (Å²) in [5.74, 6) is 0.712. The second-order valence-corrected chi connectivity index (χ2v) is 4.07. The second-order valence-electron chi connectivity index (χ2n) is 4.07. The molecule has 0 unspecified atom stereocenters. The SMILES string of the molecule is CCCc1cc(C(=O)NCCc2ncc[nH]2)n[nH]1. The lowest BCUT2D eigenvalue weighted by Crippen LogP contribution is -2.26. The number of carbonyl (C=O) groups excluding carboxylic acids is 1. The molecule has 0 atom stereocenters. The molecule has 0 spiro atoms. The van der Waals surface area contributed by atoms with Crippen LogP contribution in [-0.4, -0.2) is 32.6 Å². The number of aromatic nitrogens is 4. The van der Waals surface area contributed by atoms with Crippen LogP contribution in [0.5, 0.6) is 0 Å². The largest absolute Gasteiger partial charge is 0.350 e. The lowest BCUT2D eigenvalue weighted by atomic mass is 10.2. The lowest BCUT2D eigenvalue weighted by Gasteiger charge is -2.00. The first-order valence-electron chi connectivity index (χ1n) is 6.10. The summed E-state index contributed by atoms with van der Waals surface area (Å²) in [5.41, 5.74) is 1.44. The standard InChI is InChI=1S/C12H17N5O/c1-2-3-9-8-10(17-16-9)12(18)15-5-4-11-13-6-7-14-11/h6-8H,2-5H2,1H3,(H,13,14)(H,15,18)(H,16,17). The summed E-state index contributed by atoms with van der Waals surface area (Å²) in [6, 6.07) is 1.80. The number of carbonyl (C=O) groups is 1. The van der Waals surface area contributed by atoms with Crippen LogP contribution in [0.1, 0.15) is 35.4 Å². The molecule has 0 radical (unpaired) electrons. The van der Waals surface area contributed by atoms with Crippen molar-refractivity contribution in [1.82, 2.24) is 25.5 Å². The molecule has 2 aromatic rings. The minimum atomic E-state index is -0.153. The smallest absolute Gasteiger partial charge is 0.271 e. The normalized spacial score (nSPS) is 10.5. The van der Waals surface area contributed by atoms with Crippen LogP contribution >= 0.6 is 0 Å². The topological polar surface area (TPSA) is 86.5 Å². The van der Waals surface area contributed by atoms with Crippen molar-refractivity contribution in [2.75, 3.05) is 6.54 Å². The Labute approximate surface area is 105 Å². The third kappa shape index (κ3) is 3.19. The highest BCUT2D eigenvalue weighted by molar-refractivity contribution is 5.92. The molecular formula is C12H17N5O. The molecule has 0 aromatic carbocycles. The number of imidazole rings is 1. The number of aryl methyl sites for hydroxylation is 1. The minimum Gasteiger partial charge on any atom is -0.350 e. The molecule has 0 aliphatic carbocycles. The average Bonchev–Trinajstić information content (AvgIpc) is 3.00. The van der Waals surface area contributed by atoms with E-state index in [4.69, 9.17) is 0 Å². The molecule has 1 amide bonds. The number of hydrogen-bond donors (Lipinski definition) is 3. The predicted molar refractivity (Wildman–Crippen MR) is 67.2 cm³/mol. The lowest BCUT2D eigenvalue weighted by molar-refractivity contribution is 0.0949. The van der Waals surface area contributed by atoms with Gasteiger partial charge in [0.1, 0.15) is 11.5 Å². The van der Waals surface area contributed by atoms with Crippen LogP contribution in [0.3, 0.4) is 0 Å². The van der Waals surface area contributed by atoms with Crippen molar-refractivity contribution >= 4 is 5.91 Å². The molecule has 0 aliphatic heterocycles. The zero-order chi connectivity index (χ0) is 12.8. The fourth-order valence-corrected chi connectivity index (χ4v) is 1.70. The van der Waals surface area contributed by atoms with Crippen LogP contribution < -0.4 is 5.32 Å². The Morgan fingerprint density at radius 2 is 2.33 bits per heavy atom. The highest BCUT2D eigenvalue weighted by Crippen LogP contribution is 2.02. The molecule has 0 aliphatic rings. The van der Waals surface area contributed by atoms with Gasteiger partial charge in [-0.2, -0.15) is 5.10 Å². The molecule has 6 heteroatoms. The van der Waals surface area contributed by atoms with Gasteiger partial charge in [-0.15, -0.1) is 0 Å². The van der Waals surface area contributed by atoms with E-state index in [9.17, 15) is 4.79 Å². The summed E-state index contributed by atoms with van der Waals surface area (Å²) in [4.78, 5) is 18.8. The predicted octanol–water partition coefficient (Wildman–Crippen LogP) is 1.06. The van der Waals surface area contributed by atoms with E-state index in [1.54, 1.807) is 18.5 Å². The first kappa shape index (κ1) is 12.3. The Kier molecular flexibility index (Phi) is 4.11. The van der Waals surface area contributed by atoms with Crippen LogP contribution in [0.4, 0.5) is 0 Å². The summed E-state index contributed by atoms with van der Waals surface area (Å²) in [5, 5.41) is 9.66. The van der Waals surface area contributed by atoms with E-state index in [0.717, 1.165) is 24.4 Å². The van der Waals surface area contributed by atoms with Crippen LogP contribution in [0, 0.1) is 0 Å². The Morgan fingerprint density at radius 3 is 3.06 bits per heavy atom. The van der Waals surface area contributed by atoms with Gasteiger partial charge in [-0.1, -0.05) is 13.3 Å². The van der Waals surface area contributed by atoms with Gasteiger partial charge in [-0.05, 0) is 12.5 Å². The van der Waals surface area contributed by atoms with E-state index in [1.165, 1.54) is 0 Å². The molecule has 3 N–H and O–H groups in total. The first-order chi connectivity index (χ1) is 8.79. The van der Waals surface area contributed by atoms with E-state index < -0.39 is 0 Å². The van der Waals surface area contributed by atoms with Crippen LogP contribution in [0.2, 0.25) is 0 Å². The fourth-order valence-electron chi connectivity index (χ4n) is 1.70. The Bertz CT molecular complexity index is 488. The number of rotatable bonds is 6. The van der Waals surface area contributed by atoms with Crippen LogP contribution in [0.25, 0.3) is 0 Å². The van der Waals surface area contributed by atoms with Gasteiger partial charge < -0.3 is 10.3 Å². The van der Waals surface area contributed by atoms with Crippen molar-refractivity contribution in [1.29, 1.82) is 0 Å². The highest BCUT2D eigenvalue weighted by Gasteiger charge is 2.09. The molecule has 2 heterocycles. The third-order valence-corrected chi connectivity index (χ3v) is 2.59. The van der Waals surface area contributed by atoms with Gasteiger partial charge in [-0.3, -0.25) is 9.89 Å². The maximum Gasteiger partial charge on any atom is 0.271 e. The molecule has 0 fully saturated rings. The van der Waals surface area contributed by atoms with E-state index in [2.05, 4.69) is 32.4 Å². The molecule has 2 rings (SSSR count). The van der Waals surface area contributed by atoms with E-state index >= 15 is 0 Å². The maximum absolute atomic E-state index is 11.8. The van der Waals surface area contributed by atoms with E-state index in [0.29, 0.717) is 18.7 Å². The Hall–Kier alpha value is -2.11. The maximum atomic E-state index is 11.8. The van der Waals surface area contributed by atoms with Crippen molar-refractivity contribution < 1.29 is 4.79 Å². The molecule has 96 valence electrons. The van der Waals surface area contributed by atoms with Crippen molar-refractivity contribution in [3.05, 3.63) is 35.7 Å². The second kappa shape index (κ2) is 6.00. The summed E-state index contributed by atoms with van der Waals surface area (Å²) < 4.78 is 0. The molecule has 0 saturated carbocycles. The van der Waals surface area contributed by atoms with Gasteiger partial charge in [0.15, 0.2) is 0 Å². The molecule has 2 aromatic heterocycles. The van der Waals surface area contributed by atoms with Gasteiger partial charge in [0.25, 0.3) is 5.91 Å². The third-order valence-electron chi connectivity index (χ3n) is 2.59. The Balaban J connectivity index is 1.80. The van der Waals surface area contributed by atoms with Crippen molar-refractivity contribution in [2.45, 2.75) is 26.2 Å². The highest BCUT2D eigenvalue weighted by atomic mass is 16.1. The van der Waals surface area contributed by atoms with E-state index in [1.807, 2.05) is 0 Å². The quantitative estimate of drug-likeness (QED) is 0.713. The fraction of sp³-hybridized carbons (Fsp3) is 0.417. The van der Waals surface area contributed by atoms with Crippen LogP contribution in [-0.2, 0) is 12.8 Å². The van der Waals surface area contributed by atoms with Gasteiger partial charge in [0.2, 0.25) is 0 Å². The minimum absolute atomic E-state index is 0.153. The zero-order valence-corrected chi connectivity index (χ0v) is 10.4. The van der Waals surface area contributed by atoms with Gasteiger partial charge in [0.05, 0.1) is 0 Å². The monoisotopic (exact) mass is 247 g/mol. The first-order valence-corrected chi connectivity index (χ1v) is 6.10. The van der Waals surface area contributed by atoms with E-state index in [-0.39, 0.29) is 5.91 Å². The number of H-pyrrole nitrogens is 2. The summed E-state index contributed by atoms with van der Waals surface area (Å²) in [7, 11) is 0. The Morgan fingerprint density at radius 1 is 1.44 bits per heavy atom. The molecular weight excluding hydrogens is 230 g/mol. The van der Waals surface area contributed by atoms with Crippen molar-refractivity contribution in [3.63, 3.8) is 0 Å². The number of aromatic amines is 2. The van der Waals surface area contributed by atoms with Crippen molar-refractivity contribution in [3.8, 4) is 0 Å². The molecule has 18 heavy (non-hydrogen) atoms. The van der Waals surface area contributed by atoms with Gasteiger partial charge in [-0.25, -0.2) is 4.98 Å². The summed E-state index contributed by atoms with van der Waals surface area (Å²) >= 11 is 0. The van der Waals surface area contributed by atoms with Gasteiger partial charge in [0, 0.05) is 31.1 Å².